The third-order valence-corrected chi connectivity index (χ3v) is 0.749. The van der Waals surface area contributed by atoms with Crippen LogP contribution >= 0.6 is 0 Å². The molecule has 0 atom stereocenters. The number of ketones is 1. The van der Waals surface area contributed by atoms with E-state index < -0.39 is 0 Å². The van der Waals surface area contributed by atoms with E-state index in [1.807, 2.05) is 6.92 Å². The van der Waals surface area contributed by atoms with Gasteiger partial charge in [-0.3, -0.25) is 4.79 Å². The second-order valence-corrected chi connectivity index (χ2v) is 1.53. The van der Waals surface area contributed by atoms with Crippen molar-refractivity contribution in [2.24, 2.45) is 0 Å². The molecule has 0 aromatic heterocycles. The molecule has 0 aromatic carbocycles. The third-order valence-electron chi connectivity index (χ3n) is 0.749. The van der Waals surface area contributed by atoms with Crippen molar-refractivity contribution in [2.75, 3.05) is 0 Å². The van der Waals surface area contributed by atoms with Crippen LogP contribution in [0.4, 0.5) is 0 Å². The van der Waals surface area contributed by atoms with Crippen molar-refractivity contribution < 1.29 is 9.58 Å². The van der Waals surface area contributed by atoms with E-state index in [9.17, 15) is 4.79 Å². The van der Waals surface area contributed by atoms with E-state index in [2.05, 4.69) is 4.79 Å². The summed E-state index contributed by atoms with van der Waals surface area (Å²) in [6, 6.07) is 0. The average molecular weight is 136 g/mol. The van der Waals surface area contributed by atoms with Crippen LogP contribution in [0.1, 0.15) is 6.92 Å². The zero-order valence-corrected chi connectivity index (χ0v) is 5.69. The predicted molar refractivity (Wildman–Crippen MR) is 38.6 cm³/mol. The second-order valence-electron chi connectivity index (χ2n) is 1.53. The molecule has 0 aliphatic rings. The smallest absolute Gasteiger partial charge is 0.327 e. The molecular formula is C7H8N2O. The van der Waals surface area contributed by atoms with Crippen molar-refractivity contribution in [1.29, 1.82) is 0 Å². The molecule has 3 nitrogen and oxygen atoms in total. The molecule has 0 aliphatic heterocycles. The molecule has 0 aromatic rings. The van der Waals surface area contributed by atoms with Crippen molar-refractivity contribution in [3.63, 3.8) is 0 Å². The lowest BCUT2D eigenvalue weighted by Crippen LogP contribution is -1.92. The standard InChI is InChI=1S/C7H8N2O/c1-2-3-4-5-7(10)6-9-8/h2-6H,1H3/b3-2+,5-4+. The first-order valence-electron chi connectivity index (χ1n) is 2.82. The van der Waals surface area contributed by atoms with Crippen molar-refractivity contribution in [3.8, 4) is 0 Å². The first-order valence-corrected chi connectivity index (χ1v) is 2.82. The van der Waals surface area contributed by atoms with Gasteiger partial charge in [0.05, 0.1) is 0 Å². The summed E-state index contributed by atoms with van der Waals surface area (Å²) in [5.41, 5.74) is 7.89. The van der Waals surface area contributed by atoms with E-state index in [1.54, 1.807) is 18.2 Å². The van der Waals surface area contributed by atoms with E-state index in [0.717, 1.165) is 6.21 Å². The number of nitrogens with zero attached hydrogens (tertiary/aromatic N) is 2. The van der Waals surface area contributed by atoms with E-state index >= 15 is 0 Å². The number of hydrogen-bond acceptors (Lipinski definition) is 1. The van der Waals surface area contributed by atoms with Gasteiger partial charge in [-0.1, -0.05) is 18.2 Å². The highest BCUT2D eigenvalue weighted by Gasteiger charge is 1.91. The summed E-state index contributed by atoms with van der Waals surface area (Å²) in [5.74, 6) is -0.333. The van der Waals surface area contributed by atoms with E-state index in [-0.39, 0.29) is 5.78 Å². The summed E-state index contributed by atoms with van der Waals surface area (Å²) in [6.45, 7) is 1.84. The minimum Gasteiger partial charge on any atom is -0.361 e. The van der Waals surface area contributed by atoms with Crippen LogP contribution < -0.4 is 0 Å². The van der Waals surface area contributed by atoms with Crippen molar-refractivity contribution in [1.82, 2.24) is 0 Å². The molecule has 0 bridgehead atoms. The zero-order chi connectivity index (χ0) is 7.82. The van der Waals surface area contributed by atoms with Crippen LogP contribution in [0.3, 0.4) is 0 Å². The fraction of sp³-hybridized carbons (Fsp3) is 0.143. The molecule has 0 fully saturated rings. The quantitative estimate of drug-likeness (QED) is 0.187. The van der Waals surface area contributed by atoms with Gasteiger partial charge in [0.1, 0.15) is 0 Å². The largest absolute Gasteiger partial charge is 0.361 e. The molecule has 10 heavy (non-hydrogen) atoms. The lowest BCUT2D eigenvalue weighted by Gasteiger charge is -1.70. The monoisotopic (exact) mass is 136 g/mol. The molecule has 0 heterocycles. The van der Waals surface area contributed by atoms with Crippen molar-refractivity contribution in [3.05, 3.63) is 29.8 Å². The van der Waals surface area contributed by atoms with Gasteiger partial charge in [0.2, 0.25) is 0 Å². The molecular weight excluding hydrogens is 128 g/mol. The van der Waals surface area contributed by atoms with Gasteiger partial charge < -0.3 is 5.53 Å². The molecule has 0 unspecified atom stereocenters. The maximum atomic E-state index is 10.5. The number of hydrogen-bond donors (Lipinski definition) is 0. The van der Waals surface area contributed by atoms with Crippen LogP contribution in [0.25, 0.3) is 5.53 Å². The van der Waals surface area contributed by atoms with Gasteiger partial charge in [-0.25, -0.2) is 0 Å². The maximum Gasteiger partial charge on any atom is 0.327 e. The minimum absolute atomic E-state index is 0.333. The van der Waals surface area contributed by atoms with Gasteiger partial charge in [0.15, 0.2) is 0 Å². The fourth-order valence-electron chi connectivity index (χ4n) is 0.361. The maximum absolute atomic E-state index is 10.5. The Morgan fingerprint density at radius 2 is 2.20 bits per heavy atom. The lowest BCUT2D eigenvalue weighted by atomic mass is 10.3. The average Bonchev–Trinajstić information content (AvgIpc) is 1.89. The lowest BCUT2D eigenvalue weighted by molar-refractivity contribution is -0.111. The zero-order valence-electron chi connectivity index (χ0n) is 5.69. The van der Waals surface area contributed by atoms with Gasteiger partial charge in [-0.15, -0.1) is 0 Å². The minimum atomic E-state index is -0.333. The normalized spacial score (nSPS) is 10.1. The fourth-order valence-corrected chi connectivity index (χ4v) is 0.361. The molecule has 0 N–H and O–H groups in total. The highest BCUT2D eigenvalue weighted by molar-refractivity contribution is 6.30. The van der Waals surface area contributed by atoms with Crippen LogP contribution in [0, 0.1) is 0 Å². The summed E-state index contributed by atoms with van der Waals surface area (Å²) in [6.07, 6.45) is 7.21. The predicted octanol–water partition coefficient (Wildman–Crippen LogP) is 0.988. The van der Waals surface area contributed by atoms with Gasteiger partial charge in [0, 0.05) is 0 Å². The van der Waals surface area contributed by atoms with E-state index in [1.165, 1.54) is 6.08 Å². The molecule has 0 saturated heterocycles. The van der Waals surface area contributed by atoms with Crippen molar-refractivity contribution >= 4 is 12.0 Å². The Labute approximate surface area is 59.3 Å². The SMILES string of the molecule is C/C=C/C=C/C(=O)C=[N+]=[N-]. The van der Waals surface area contributed by atoms with Gasteiger partial charge in [-0.05, 0) is 13.0 Å². The Morgan fingerprint density at radius 1 is 1.50 bits per heavy atom. The highest BCUT2D eigenvalue weighted by atomic mass is 16.1. The molecule has 0 saturated carbocycles. The van der Waals surface area contributed by atoms with Crippen molar-refractivity contribution in [2.45, 2.75) is 6.92 Å². The summed E-state index contributed by atoms with van der Waals surface area (Å²) in [4.78, 5) is 13.1. The Morgan fingerprint density at radius 3 is 2.70 bits per heavy atom. The highest BCUT2D eigenvalue weighted by Crippen LogP contribution is 1.75. The summed E-state index contributed by atoms with van der Waals surface area (Å²) < 4.78 is 0. The molecule has 52 valence electrons. The number of rotatable bonds is 3. The Balaban J connectivity index is 3.89. The number of carbonyl (C=O) groups excluding carboxylic acids is 1. The van der Waals surface area contributed by atoms with Gasteiger partial charge >= 0.3 is 6.21 Å². The van der Waals surface area contributed by atoms with Gasteiger partial charge in [0.25, 0.3) is 5.78 Å². The van der Waals surface area contributed by atoms with Crippen LogP contribution in [0.2, 0.25) is 0 Å². The van der Waals surface area contributed by atoms with Gasteiger partial charge in [-0.2, -0.15) is 4.79 Å². The number of allylic oxidation sites excluding steroid dienone is 4. The molecule has 0 radical (unpaired) electrons. The molecule has 0 spiro atoms. The first kappa shape index (κ1) is 8.53. The number of carbonyl (C=O) groups is 1. The molecule has 0 amide bonds. The first-order chi connectivity index (χ1) is 4.81. The second kappa shape index (κ2) is 5.66. The van der Waals surface area contributed by atoms with Crippen LogP contribution in [0.5, 0.6) is 0 Å². The molecule has 0 aliphatic carbocycles. The van der Waals surface area contributed by atoms with Crippen LogP contribution in [0.15, 0.2) is 24.3 Å². The third kappa shape index (κ3) is 4.68. The Kier molecular flexibility index (Phi) is 4.83. The Hall–Kier alpha value is -1.47. The Bertz CT molecular complexity index is 210. The van der Waals surface area contributed by atoms with Crippen LogP contribution in [-0.2, 0) is 4.79 Å². The summed E-state index contributed by atoms with van der Waals surface area (Å²) >= 11 is 0. The molecule has 0 rings (SSSR count). The van der Waals surface area contributed by atoms with E-state index in [4.69, 9.17) is 5.53 Å². The topological polar surface area (TPSA) is 53.5 Å². The summed E-state index contributed by atoms with van der Waals surface area (Å²) in [7, 11) is 0. The molecule has 3 heteroatoms. The summed E-state index contributed by atoms with van der Waals surface area (Å²) in [5, 5.41) is 0. The van der Waals surface area contributed by atoms with Crippen LogP contribution in [-0.4, -0.2) is 16.8 Å². The van der Waals surface area contributed by atoms with E-state index in [0.29, 0.717) is 0 Å².